The fourth-order valence-corrected chi connectivity index (χ4v) is 3.75. The number of rotatable bonds is 11. The van der Waals surface area contributed by atoms with Crippen molar-refractivity contribution in [3.63, 3.8) is 0 Å². The van der Waals surface area contributed by atoms with Gasteiger partial charge >= 0.3 is 5.97 Å². The van der Waals surface area contributed by atoms with Crippen molar-refractivity contribution in [1.29, 1.82) is 0 Å². The van der Waals surface area contributed by atoms with E-state index in [9.17, 15) is 19.7 Å². The molecule has 168 valence electrons. The van der Waals surface area contributed by atoms with E-state index in [0.29, 0.717) is 42.3 Å². The second-order valence-corrected chi connectivity index (χ2v) is 7.22. The predicted molar refractivity (Wildman–Crippen MR) is 115 cm³/mol. The number of carbonyl (C=O) groups is 2. The molecule has 1 aromatic carbocycles. The third-order valence-electron chi connectivity index (χ3n) is 5.33. The minimum atomic E-state index is -0.866. The van der Waals surface area contributed by atoms with Crippen LogP contribution in [0.1, 0.15) is 51.0 Å². The van der Waals surface area contributed by atoms with Crippen molar-refractivity contribution in [3.8, 4) is 0 Å². The van der Waals surface area contributed by atoms with E-state index in [2.05, 4.69) is 0 Å². The van der Waals surface area contributed by atoms with Crippen LogP contribution < -0.4 is 5.73 Å². The van der Waals surface area contributed by atoms with Gasteiger partial charge in [0.25, 0.3) is 5.69 Å². The molecule has 31 heavy (non-hydrogen) atoms. The number of unbranched alkanes of at least 4 members (excludes halogenated alkanes) is 3. The molecule has 0 fully saturated rings. The molecular weight excluding hydrogens is 402 g/mol. The van der Waals surface area contributed by atoms with Gasteiger partial charge in [-0.3, -0.25) is 19.8 Å². The molecule has 9 heteroatoms. The van der Waals surface area contributed by atoms with Crippen molar-refractivity contribution >= 4 is 18.1 Å². The summed E-state index contributed by atoms with van der Waals surface area (Å²) in [4.78, 5) is 37.0. The Hall–Kier alpha value is -3.20. The molecule has 2 rings (SSSR count). The van der Waals surface area contributed by atoms with Gasteiger partial charge in [-0.15, -0.1) is 0 Å². The number of hydrogen-bond acceptors (Lipinski definition) is 7. The number of nitrogens with two attached hydrogens (primary N) is 1. The quantitative estimate of drug-likeness (QED) is 0.187. The van der Waals surface area contributed by atoms with Gasteiger partial charge in [-0.2, -0.15) is 0 Å². The van der Waals surface area contributed by atoms with E-state index in [0.717, 1.165) is 25.7 Å². The molecular formula is C22H29N3O6. The number of nitro benzene ring substituents is 1. The van der Waals surface area contributed by atoms with E-state index in [1.54, 1.807) is 32.0 Å². The molecule has 2 N–H and O–H groups in total. The van der Waals surface area contributed by atoms with Crippen LogP contribution in [0.2, 0.25) is 0 Å². The van der Waals surface area contributed by atoms with Gasteiger partial charge in [-0.05, 0) is 33.2 Å². The maximum absolute atomic E-state index is 12.7. The molecule has 1 atom stereocenters. The number of amides is 1. The molecule has 1 amide bonds. The number of benzene rings is 1. The second-order valence-electron chi connectivity index (χ2n) is 7.22. The summed E-state index contributed by atoms with van der Waals surface area (Å²) in [5, 5.41) is 11.7. The Labute approximate surface area is 181 Å². The summed E-state index contributed by atoms with van der Waals surface area (Å²) in [6.07, 6.45) is 4.15. The highest BCUT2D eigenvalue weighted by molar-refractivity contribution is 5.93. The number of ether oxygens (including phenoxy) is 2. The second kappa shape index (κ2) is 11.3. The molecule has 0 spiro atoms. The number of methoxy groups -OCH3 is 1. The number of allylic oxidation sites excluding steroid dienone is 3. The van der Waals surface area contributed by atoms with Gasteiger partial charge in [-0.25, -0.2) is 4.79 Å². The highest BCUT2D eigenvalue weighted by Crippen LogP contribution is 2.44. The summed E-state index contributed by atoms with van der Waals surface area (Å²) < 4.78 is 11.0. The summed E-state index contributed by atoms with van der Waals surface area (Å²) in [6.45, 7) is 4.27. The predicted octanol–water partition coefficient (Wildman–Crippen LogP) is 3.36. The zero-order valence-corrected chi connectivity index (χ0v) is 18.1. The van der Waals surface area contributed by atoms with Crippen LogP contribution in [-0.4, -0.2) is 42.5 Å². The Morgan fingerprint density at radius 2 is 1.87 bits per heavy atom. The van der Waals surface area contributed by atoms with Gasteiger partial charge in [-0.1, -0.05) is 31.0 Å². The first-order valence-electron chi connectivity index (χ1n) is 10.2. The Bertz CT molecular complexity index is 893. The molecule has 0 saturated carbocycles. The zero-order valence-electron chi connectivity index (χ0n) is 18.1. The van der Waals surface area contributed by atoms with Crippen molar-refractivity contribution in [1.82, 2.24) is 4.90 Å². The van der Waals surface area contributed by atoms with E-state index >= 15 is 0 Å². The lowest BCUT2D eigenvalue weighted by Crippen LogP contribution is -2.33. The SMILES string of the molecule is COC(=O)C1=C(C)N(C=O)C(C)=C(OCCCCCCN)C1c1ccccc1[N+](=O)[O-]. The van der Waals surface area contributed by atoms with Crippen molar-refractivity contribution in [3.05, 3.63) is 62.7 Å². The van der Waals surface area contributed by atoms with Gasteiger partial charge in [0.05, 0.1) is 35.8 Å². The molecule has 0 saturated heterocycles. The lowest BCUT2D eigenvalue weighted by atomic mass is 9.83. The van der Waals surface area contributed by atoms with Crippen molar-refractivity contribution in [2.45, 2.75) is 45.4 Å². The van der Waals surface area contributed by atoms with Crippen molar-refractivity contribution < 1.29 is 24.0 Å². The maximum Gasteiger partial charge on any atom is 0.336 e. The number of nitrogens with zero attached hydrogens (tertiary/aromatic N) is 2. The number of esters is 1. The summed E-state index contributed by atoms with van der Waals surface area (Å²) >= 11 is 0. The van der Waals surface area contributed by atoms with E-state index in [-0.39, 0.29) is 11.3 Å². The largest absolute Gasteiger partial charge is 0.495 e. The van der Waals surface area contributed by atoms with Crippen LogP contribution in [0.25, 0.3) is 0 Å². The van der Waals surface area contributed by atoms with Gasteiger partial charge in [0.15, 0.2) is 0 Å². The molecule has 1 heterocycles. The third-order valence-corrected chi connectivity index (χ3v) is 5.33. The van der Waals surface area contributed by atoms with Crippen LogP contribution >= 0.6 is 0 Å². The summed E-state index contributed by atoms with van der Waals surface area (Å²) in [7, 11) is 1.23. The van der Waals surface area contributed by atoms with Crippen LogP contribution in [0.3, 0.4) is 0 Å². The zero-order chi connectivity index (χ0) is 23.0. The Morgan fingerprint density at radius 3 is 2.48 bits per heavy atom. The highest BCUT2D eigenvalue weighted by Gasteiger charge is 2.40. The smallest absolute Gasteiger partial charge is 0.336 e. The van der Waals surface area contributed by atoms with E-state index in [4.69, 9.17) is 15.2 Å². The molecule has 1 aliphatic heterocycles. The first-order valence-corrected chi connectivity index (χ1v) is 10.2. The van der Waals surface area contributed by atoms with Gasteiger partial charge in [0.2, 0.25) is 6.41 Å². The summed E-state index contributed by atoms with van der Waals surface area (Å²) in [5.74, 6) is -1.22. The normalized spacial score (nSPS) is 16.4. The van der Waals surface area contributed by atoms with Gasteiger partial charge in [0, 0.05) is 17.3 Å². The van der Waals surface area contributed by atoms with Crippen LogP contribution in [0.4, 0.5) is 5.69 Å². The fourth-order valence-electron chi connectivity index (χ4n) is 3.75. The Morgan fingerprint density at radius 1 is 1.19 bits per heavy atom. The van der Waals surface area contributed by atoms with Crippen LogP contribution in [0.5, 0.6) is 0 Å². The first-order chi connectivity index (χ1) is 14.9. The standard InChI is InChI=1S/C22H29N3O6/c1-15-19(22(27)30-3)20(17-10-6-7-11-18(17)25(28)29)21(16(2)24(15)14-26)31-13-9-5-4-8-12-23/h6-7,10-11,14,20H,4-5,8-9,12-13,23H2,1-3H3. The number of carbonyl (C=O) groups excluding carboxylic acids is 2. The minimum Gasteiger partial charge on any atom is -0.495 e. The van der Waals surface area contributed by atoms with E-state index < -0.39 is 16.8 Å². The van der Waals surface area contributed by atoms with Gasteiger partial charge in [0.1, 0.15) is 5.76 Å². The number of para-hydroxylation sites is 1. The lowest BCUT2D eigenvalue weighted by molar-refractivity contribution is -0.385. The van der Waals surface area contributed by atoms with Crippen molar-refractivity contribution in [2.24, 2.45) is 5.73 Å². The molecule has 1 aromatic rings. The van der Waals surface area contributed by atoms with Crippen LogP contribution in [0, 0.1) is 10.1 Å². The molecule has 1 unspecified atom stereocenters. The summed E-state index contributed by atoms with van der Waals surface area (Å²) in [5.41, 5.74) is 6.63. The lowest BCUT2D eigenvalue weighted by Gasteiger charge is -2.34. The molecule has 0 bridgehead atoms. The van der Waals surface area contributed by atoms with Crippen LogP contribution in [0.15, 0.2) is 47.0 Å². The average molecular weight is 431 g/mol. The maximum atomic E-state index is 12.7. The fraction of sp³-hybridized carbons (Fsp3) is 0.455. The highest BCUT2D eigenvalue weighted by atomic mass is 16.6. The number of nitro groups is 1. The van der Waals surface area contributed by atoms with Crippen molar-refractivity contribution in [2.75, 3.05) is 20.3 Å². The topological polar surface area (TPSA) is 125 Å². The molecule has 0 aliphatic carbocycles. The minimum absolute atomic E-state index is 0.132. The monoisotopic (exact) mass is 431 g/mol. The molecule has 9 nitrogen and oxygen atoms in total. The molecule has 1 aliphatic rings. The first kappa shape index (κ1) is 24.1. The third kappa shape index (κ3) is 5.29. The average Bonchev–Trinajstić information content (AvgIpc) is 2.76. The van der Waals surface area contributed by atoms with Crippen LogP contribution in [-0.2, 0) is 19.1 Å². The molecule has 0 aromatic heterocycles. The number of hydrogen-bond donors (Lipinski definition) is 1. The Kier molecular flexibility index (Phi) is 8.75. The van der Waals surface area contributed by atoms with E-state index in [1.165, 1.54) is 18.1 Å². The Balaban J connectivity index is 2.54. The molecule has 0 radical (unpaired) electrons. The van der Waals surface area contributed by atoms with E-state index in [1.807, 2.05) is 0 Å². The van der Waals surface area contributed by atoms with Gasteiger partial charge < -0.3 is 15.2 Å². The summed E-state index contributed by atoms with van der Waals surface area (Å²) in [6, 6.07) is 6.20.